The molecule has 102 valence electrons. The third-order valence-electron chi connectivity index (χ3n) is 2.66. The van der Waals surface area contributed by atoms with Gasteiger partial charge in [-0.25, -0.2) is 4.79 Å². The molecule has 0 aromatic rings. The predicted molar refractivity (Wildman–Crippen MR) is 72.6 cm³/mol. The van der Waals surface area contributed by atoms with Crippen LogP contribution in [0.5, 0.6) is 0 Å². The van der Waals surface area contributed by atoms with Crippen LogP contribution in [-0.4, -0.2) is 49.4 Å². The molecular weight excluding hydrogens is 274 g/mol. The van der Waals surface area contributed by atoms with Crippen LogP contribution < -0.4 is 0 Å². The molecule has 0 aromatic carbocycles. The number of carboxylic acid groups (broad SMARTS) is 1. The summed E-state index contributed by atoms with van der Waals surface area (Å²) in [7, 11) is 0. The van der Waals surface area contributed by atoms with Gasteiger partial charge in [0.25, 0.3) is 0 Å². The van der Waals surface area contributed by atoms with Gasteiger partial charge in [-0.2, -0.15) is 0 Å². The van der Waals surface area contributed by atoms with E-state index in [1.165, 1.54) is 23.6 Å². The van der Waals surface area contributed by atoms with Crippen molar-refractivity contribution in [1.29, 1.82) is 0 Å². The molecule has 1 rings (SSSR count). The molecule has 0 unspecified atom stereocenters. The molecule has 0 spiro atoms. The Labute approximate surface area is 115 Å². The number of nitrogens with zero attached hydrogens (tertiary/aromatic N) is 1. The van der Waals surface area contributed by atoms with Crippen LogP contribution in [0.4, 0.5) is 0 Å². The van der Waals surface area contributed by atoms with Crippen LogP contribution >= 0.6 is 23.5 Å². The number of amides is 1. The molecule has 1 fully saturated rings. The van der Waals surface area contributed by atoms with Gasteiger partial charge in [0.05, 0.1) is 4.87 Å². The van der Waals surface area contributed by atoms with Crippen molar-refractivity contribution in [2.75, 3.05) is 11.5 Å². The van der Waals surface area contributed by atoms with E-state index in [9.17, 15) is 14.4 Å². The normalized spacial score (nSPS) is 21.9. The van der Waals surface area contributed by atoms with Gasteiger partial charge < -0.3 is 10.0 Å². The van der Waals surface area contributed by atoms with Crippen molar-refractivity contribution in [3.63, 3.8) is 0 Å². The summed E-state index contributed by atoms with van der Waals surface area (Å²) in [6.45, 7) is 5.14. The Morgan fingerprint density at radius 1 is 1.44 bits per heavy atom. The fraction of sp³-hybridized carbons (Fsp3) is 0.727. The Bertz CT molecular complexity index is 370. The molecule has 1 heterocycles. The van der Waals surface area contributed by atoms with E-state index in [0.29, 0.717) is 11.5 Å². The number of carbonyl (C=O) groups is 3. The van der Waals surface area contributed by atoms with Crippen LogP contribution in [0.15, 0.2) is 0 Å². The Morgan fingerprint density at radius 3 is 2.56 bits per heavy atom. The first-order chi connectivity index (χ1) is 8.25. The first kappa shape index (κ1) is 15.4. The number of thioether (sulfide) groups is 2. The van der Waals surface area contributed by atoms with Gasteiger partial charge in [-0.3, -0.25) is 9.59 Å². The number of carboxylic acids is 1. The molecule has 0 bridgehead atoms. The highest BCUT2D eigenvalue weighted by Gasteiger charge is 2.46. The first-order valence-corrected chi connectivity index (χ1v) is 7.55. The number of aliphatic carboxylic acids is 1. The minimum absolute atomic E-state index is 0.0346. The molecule has 1 saturated heterocycles. The smallest absolute Gasteiger partial charge is 0.327 e. The van der Waals surface area contributed by atoms with Crippen molar-refractivity contribution in [2.45, 2.75) is 38.1 Å². The number of rotatable bonds is 4. The zero-order valence-electron chi connectivity index (χ0n) is 10.6. The minimum atomic E-state index is -0.972. The van der Waals surface area contributed by atoms with Crippen LogP contribution in [0, 0.1) is 0 Å². The van der Waals surface area contributed by atoms with Gasteiger partial charge in [0, 0.05) is 24.9 Å². The largest absolute Gasteiger partial charge is 0.480 e. The highest BCUT2D eigenvalue weighted by molar-refractivity contribution is 8.13. The molecule has 0 saturated carbocycles. The van der Waals surface area contributed by atoms with E-state index in [-0.39, 0.29) is 17.4 Å². The maximum Gasteiger partial charge on any atom is 0.327 e. The lowest BCUT2D eigenvalue weighted by Gasteiger charge is -2.33. The van der Waals surface area contributed by atoms with Crippen molar-refractivity contribution in [2.24, 2.45) is 0 Å². The second-order valence-electron chi connectivity index (χ2n) is 4.47. The van der Waals surface area contributed by atoms with Crippen LogP contribution in [0.1, 0.15) is 27.2 Å². The maximum atomic E-state index is 12.1. The number of hydrogen-bond acceptors (Lipinski definition) is 5. The summed E-state index contributed by atoms with van der Waals surface area (Å²) >= 11 is 2.55. The molecule has 1 aliphatic heterocycles. The second-order valence-corrected chi connectivity index (χ2v) is 7.36. The van der Waals surface area contributed by atoms with Crippen molar-refractivity contribution >= 4 is 40.5 Å². The average molecular weight is 291 g/mol. The Kier molecular flexibility index (Phi) is 5.10. The molecule has 1 N–H and O–H groups in total. The summed E-state index contributed by atoms with van der Waals surface area (Å²) in [5, 5.41) is 9.08. The third-order valence-corrected chi connectivity index (χ3v) is 4.86. The summed E-state index contributed by atoms with van der Waals surface area (Å²) in [6.07, 6.45) is 0.192. The van der Waals surface area contributed by atoms with Crippen LogP contribution in [-0.2, 0) is 14.4 Å². The fourth-order valence-electron chi connectivity index (χ4n) is 1.86. The second kappa shape index (κ2) is 5.97. The standard InChI is InChI=1S/C11H17NO4S2/c1-7(13)17-5-4-9(14)12-8(10(15)16)6-18-11(12,2)3/h8H,4-6H2,1-3H3,(H,15,16)/t8-/m1/s1. The molecular formula is C11H17NO4S2. The van der Waals surface area contributed by atoms with Gasteiger partial charge in [-0.15, -0.1) is 11.8 Å². The highest BCUT2D eigenvalue weighted by atomic mass is 32.2. The van der Waals surface area contributed by atoms with E-state index in [1.54, 1.807) is 0 Å². The lowest BCUT2D eigenvalue weighted by atomic mass is 10.2. The molecule has 0 aromatic heterocycles. The fourth-order valence-corrected chi connectivity index (χ4v) is 3.65. The number of hydrogen-bond donors (Lipinski definition) is 1. The molecule has 0 aliphatic carbocycles. The van der Waals surface area contributed by atoms with Crippen molar-refractivity contribution in [3.8, 4) is 0 Å². The lowest BCUT2D eigenvalue weighted by Crippen LogP contribution is -2.49. The highest BCUT2D eigenvalue weighted by Crippen LogP contribution is 2.39. The topological polar surface area (TPSA) is 74.7 Å². The van der Waals surface area contributed by atoms with Gasteiger partial charge in [-0.05, 0) is 13.8 Å². The van der Waals surface area contributed by atoms with Gasteiger partial charge in [0.2, 0.25) is 5.91 Å². The van der Waals surface area contributed by atoms with E-state index in [0.717, 1.165) is 11.8 Å². The molecule has 1 atom stereocenters. The molecule has 5 nitrogen and oxygen atoms in total. The maximum absolute atomic E-state index is 12.1. The quantitative estimate of drug-likeness (QED) is 0.844. The summed E-state index contributed by atoms with van der Waals surface area (Å²) < 4.78 is 0. The molecule has 18 heavy (non-hydrogen) atoms. The summed E-state index contributed by atoms with van der Waals surface area (Å²) in [6, 6.07) is -0.764. The van der Waals surface area contributed by atoms with E-state index < -0.39 is 16.9 Å². The van der Waals surface area contributed by atoms with E-state index in [2.05, 4.69) is 0 Å². The Hall–Kier alpha value is -0.690. The van der Waals surface area contributed by atoms with E-state index >= 15 is 0 Å². The number of carbonyl (C=O) groups excluding carboxylic acids is 2. The molecule has 1 aliphatic rings. The van der Waals surface area contributed by atoms with Gasteiger partial charge >= 0.3 is 5.97 Å². The first-order valence-electron chi connectivity index (χ1n) is 5.58. The van der Waals surface area contributed by atoms with Crippen LogP contribution in [0.3, 0.4) is 0 Å². The molecule has 0 radical (unpaired) electrons. The van der Waals surface area contributed by atoms with Crippen molar-refractivity contribution in [1.82, 2.24) is 4.90 Å². The minimum Gasteiger partial charge on any atom is -0.480 e. The lowest BCUT2D eigenvalue weighted by molar-refractivity contribution is -0.150. The van der Waals surface area contributed by atoms with Crippen molar-refractivity contribution < 1.29 is 19.5 Å². The van der Waals surface area contributed by atoms with Crippen molar-refractivity contribution in [3.05, 3.63) is 0 Å². The molecule has 7 heteroatoms. The van der Waals surface area contributed by atoms with Crippen LogP contribution in [0.2, 0.25) is 0 Å². The summed E-state index contributed by atoms with van der Waals surface area (Å²) in [5.74, 6) is -0.363. The summed E-state index contributed by atoms with van der Waals surface area (Å²) in [4.78, 5) is 34.9. The monoisotopic (exact) mass is 291 g/mol. The Morgan fingerprint density at radius 2 is 2.06 bits per heavy atom. The predicted octanol–water partition coefficient (Wildman–Crippen LogP) is 1.42. The SMILES string of the molecule is CC(=O)SCCC(=O)N1[C@@H](C(=O)O)CSC1(C)C. The molecule has 1 amide bonds. The third kappa shape index (κ3) is 3.65. The van der Waals surface area contributed by atoms with E-state index in [1.807, 2.05) is 13.8 Å². The van der Waals surface area contributed by atoms with Gasteiger partial charge in [0.1, 0.15) is 6.04 Å². The zero-order chi connectivity index (χ0) is 13.9. The van der Waals surface area contributed by atoms with E-state index in [4.69, 9.17) is 5.11 Å². The summed E-state index contributed by atoms with van der Waals surface area (Å²) in [5.41, 5.74) is 0. The van der Waals surface area contributed by atoms with Crippen LogP contribution in [0.25, 0.3) is 0 Å². The Balaban J connectivity index is 2.67. The zero-order valence-corrected chi connectivity index (χ0v) is 12.3. The average Bonchev–Trinajstić information content (AvgIpc) is 2.53. The van der Waals surface area contributed by atoms with Gasteiger partial charge in [-0.1, -0.05) is 11.8 Å². The van der Waals surface area contributed by atoms with Gasteiger partial charge in [0.15, 0.2) is 5.12 Å².